The van der Waals surface area contributed by atoms with Crippen molar-refractivity contribution in [2.75, 3.05) is 5.32 Å². The van der Waals surface area contributed by atoms with Crippen LogP contribution in [0.5, 0.6) is 0 Å². The van der Waals surface area contributed by atoms with Crippen molar-refractivity contribution in [1.29, 1.82) is 0 Å². The number of alkyl halides is 3. The van der Waals surface area contributed by atoms with Gasteiger partial charge in [-0.2, -0.15) is 18.3 Å². The van der Waals surface area contributed by atoms with Gasteiger partial charge in [0.15, 0.2) is 0 Å². The number of amides is 1. The number of hydrogen-bond donors (Lipinski definition) is 1. The van der Waals surface area contributed by atoms with Crippen LogP contribution in [0.25, 0.3) is 0 Å². The molecule has 0 aliphatic heterocycles. The maximum atomic E-state index is 13.5. The lowest BCUT2D eigenvalue weighted by atomic mass is 9.79. The third-order valence-electron chi connectivity index (χ3n) is 5.56. The first kappa shape index (κ1) is 21.3. The molecule has 29 heavy (non-hydrogen) atoms. The Morgan fingerprint density at radius 1 is 1.28 bits per heavy atom. The summed E-state index contributed by atoms with van der Waals surface area (Å²) >= 11 is 0. The minimum absolute atomic E-state index is 0.193. The van der Waals surface area contributed by atoms with Gasteiger partial charge in [-0.1, -0.05) is 32.4 Å². The summed E-state index contributed by atoms with van der Waals surface area (Å²) in [7, 11) is 1.65. The molecule has 1 heterocycles. The zero-order valence-electron chi connectivity index (χ0n) is 16.7. The maximum absolute atomic E-state index is 13.5. The highest BCUT2D eigenvalue weighted by molar-refractivity contribution is 5.91. The number of rotatable bonds is 6. The molecule has 2 aromatic rings. The lowest BCUT2D eigenvalue weighted by Gasteiger charge is -2.28. The predicted octanol–water partition coefficient (Wildman–Crippen LogP) is 5.33. The van der Waals surface area contributed by atoms with Crippen molar-refractivity contribution in [1.82, 2.24) is 9.78 Å². The molecule has 1 aromatic heterocycles. The Morgan fingerprint density at radius 3 is 2.52 bits per heavy atom. The van der Waals surface area contributed by atoms with Gasteiger partial charge in [0.1, 0.15) is 11.6 Å². The zero-order chi connectivity index (χ0) is 21.4. The summed E-state index contributed by atoms with van der Waals surface area (Å²) in [5.74, 6) is -0.415. The van der Waals surface area contributed by atoms with E-state index in [1.54, 1.807) is 19.2 Å². The van der Waals surface area contributed by atoms with E-state index < -0.39 is 23.9 Å². The fraction of sp³-hybridized carbons (Fsp3) is 0.524. The molecule has 0 unspecified atom stereocenters. The van der Waals surface area contributed by atoms with Crippen LogP contribution in [-0.2, 0) is 18.3 Å². The molecule has 4 nitrogen and oxygen atoms in total. The van der Waals surface area contributed by atoms with Gasteiger partial charge in [-0.25, -0.2) is 4.39 Å². The van der Waals surface area contributed by atoms with Crippen molar-refractivity contribution in [3.05, 3.63) is 46.9 Å². The number of anilines is 1. The summed E-state index contributed by atoms with van der Waals surface area (Å²) < 4.78 is 54.4. The van der Waals surface area contributed by atoms with E-state index in [2.05, 4.69) is 10.4 Å². The van der Waals surface area contributed by atoms with E-state index in [-0.39, 0.29) is 11.7 Å². The second-order valence-electron chi connectivity index (χ2n) is 8.37. The Bertz CT molecular complexity index is 898. The van der Waals surface area contributed by atoms with Gasteiger partial charge in [0, 0.05) is 25.5 Å². The molecule has 8 heteroatoms. The summed E-state index contributed by atoms with van der Waals surface area (Å²) in [6.45, 7) is 2.02. The first-order valence-corrected chi connectivity index (χ1v) is 9.65. The van der Waals surface area contributed by atoms with Gasteiger partial charge in [0.2, 0.25) is 5.91 Å². The van der Waals surface area contributed by atoms with Gasteiger partial charge in [0.05, 0.1) is 11.1 Å². The number of carbonyl (C=O) groups excluding carboxylic acids is 1. The molecule has 158 valence electrons. The van der Waals surface area contributed by atoms with Crippen molar-refractivity contribution >= 4 is 11.7 Å². The highest BCUT2D eigenvalue weighted by Gasteiger charge is 2.48. The van der Waals surface area contributed by atoms with Crippen molar-refractivity contribution in [2.45, 2.75) is 58.0 Å². The summed E-state index contributed by atoms with van der Waals surface area (Å²) in [6, 6.07) is 6.22. The molecule has 1 aromatic carbocycles. The van der Waals surface area contributed by atoms with Gasteiger partial charge in [-0.05, 0) is 36.5 Å². The van der Waals surface area contributed by atoms with Crippen molar-refractivity contribution in [3.8, 4) is 0 Å². The normalized spacial score (nSPS) is 15.3. The minimum Gasteiger partial charge on any atom is -0.311 e. The van der Waals surface area contributed by atoms with Gasteiger partial charge in [0.25, 0.3) is 0 Å². The number of nitrogens with zero attached hydrogens (tertiary/aromatic N) is 2. The quantitative estimate of drug-likeness (QED) is 0.653. The molecule has 1 amide bonds. The second-order valence-corrected chi connectivity index (χ2v) is 8.37. The lowest BCUT2D eigenvalue weighted by Crippen LogP contribution is -2.36. The van der Waals surface area contributed by atoms with E-state index in [4.69, 9.17) is 0 Å². The highest BCUT2D eigenvalue weighted by Crippen LogP contribution is 2.43. The third kappa shape index (κ3) is 4.62. The Hall–Kier alpha value is -2.38. The average molecular weight is 411 g/mol. The van der Waals surface area contributed by atoms with E-state index in [9.17, 15) is 22.4 Å². The van der Waals surface area contributed by atoms with Crippen LogP contribution in [0.4, 0.5) is 23.4 Å². The lowest BCUT2D eigenvalue weighted by molar-refractivity contribution is -0.213. The topological polar surface area (TPSA) is 46.9 Å². The SMILES string of the molecule is Cn1nc(Cc2cccc(F)c2)c(C2CCC2)c1NC(=O)CC(C)(C)C(F)(F)F. The highest BCUT2D eigenvalue weighted by atomic mass is 19.4. The number of halogens is 4. The fourth-order valence-electron chi connectivity index (χ4n) is 3.52. The number of carbonyl (C=O) groups is 1. The zero-order valence-corrected chi connectivity index (χ0v) is 16.7. The molecule has 0 atom stereocenters. The van der Waals surface area contributed by atoms with E-state index in [0.29, 0.717) is 17.9 Å². The molecule has 0 saturated heterocycles. The standard InChI is InChI=1S/C21H25F4N3O/c1-20(2,21(23,24)25)12-17(29)26-19-18(14-7-5-8-14)16(27-28(19)3)11-13-6-4-9-15(22)10-13/h4,6,9-10,14H,5,7-8,11-12H2,1-3H3,(H,26,29). The van der Waals surface area contributed by atoms with Crippen molar-refractivity contribution in [3.63, 3.8) is 0 Å². The number of nitrogens with one attached hydrogen (secondary N) is 1. The fourth-order valence-corrected chi connectivity index (χ4v) is 3.52. The predicted molar refractivity (Wildman–Crippen MR) is 102 cm³/mol. The Morgan fingerprint density at radius 2 is 1.97 bits per heavy atom. The first-order valence-electron chi connectivity index (χ1n) is 9.65. The smallest absolute Gasteiger partial charge is 0.311 e. The molecule has 1 fully saturated rings. The van der Waals surface area contributed by atoms with Crippen molar-refractivity contribution < 1.29 is 22.4 Å². The van der Waals surface area contributed by atoms with Crippen LogP contribution < -0.4 is 5.32 Å². The van der Waals surface area contributed by atoms with Crippen molar-refractivity contribution in [2.24, 2.45) is 12.5 Å². The van der Waals surface area contributed by atoms with Crippen LogP contribution in [0.15, 0.2) is 24.3 Å². The molecule has 3 rings (SSSR count). The second kappa shape index (κ2) is 7.80. The van der Waals surface area contributed by atoms with Gasteiger partial charge in [-0.3, -0.25) is 9.48 Å². The first-order chi connectivity index (χ1) is 13.5. The number of hydrogen-bond acceptors (Lipinski definition) is 2. The summed E-state index contributed by atoms with van der Waals surface area (Å²) in [4.78, 5) is 12.4. The molecule has 0 spiro atoms. The van der Waals surface area contributed by atoms with Crippen LogP contribution in [0.3, 0.4) is 0 Å². The third-order valence-corrected chi connectivity index (χ3v) is 5.56. The van der Waals surface area contributed by atoms with Gasteiger partial charge < -0.3 is 5.32 Å². The average Bonchev–Trinajstić information content (AvgIpc) is 2.80. The van der Waals surface area contributed by atoms with Crippen LogP contribution in [0, 0.1) is 11.2 Å². The largest absolute Gasteiger partial charge is 0.394 e. The monoisotopic (exact) mass is 411 g/mol. The molecular weight excluding hydrogens is 386 g/mol. The summed E-state index contributed by atoms with van der Waals surface area (Å²) in [5, 5.41) is 7.16. The van der Waals surface area contributed by atoms with Gasteiger partial charge >= 0.3 is 6.18 Å². The molecule has 0 bridgehead atoms. The van der Waals surface area contributed by atoms with Crippen LogP contribution in [-0.4, -0.2) is 21.9 Å². The molecule has 1 aliphatic rings. The number of benzene rings is 1. The van der Waals surface area contributed by atoms with Gasteiger partial charge in [-0.15, -0.1) is 0 Å². The van der Waals surface area contributed by atoms with E-state index in [1.165, 1.54) is 16.8 Å². The van der Waals surface area contributed by atoms with E-state index >= 15 is 0 Å². The summed E-state index contributed by atoms with van der Waals surface area (Å²) in [5.41, 5.74) is 0.186. The van der Waals surface area contributed by atoms with E-state index in [1.807, 2.05) is 0 Å². The van der Waals surface area contributed by atoms with Crippen LogP contribution in [0.2, 0.25) is 0 Å². The Labute approximate surface area is 167 Å². The van der Waals surface area contributed by atoms with Crippen LogP contribution in [0.1, 0.15) is 62.3 Å². The summed E-state index contributed by atoms with van der Waals surface area (Å²) in [6.07, 6.45) is -1.85. The minimum atomic E-state index is -4.48. The van der Waals surface area contributed by atoms with E-state index in [0.717, 1.165) is 44.2 Å². The maximum Gasteiger partial charge on any atom is 0.394 e. The number of aromatic nitrogens is 2. The molecular formula is C21H25F4N3O. The Kier molecular flexibility index (Phi) is 5.74. The van der Waals surface area contributed by atoms with Crippen LogP contribution >= 0.6 is 0 Å². The number of aryl methyl sites for hydroxylation is 1. The molecule has 1 aliphatic carbocycles. The molecule has 1 N–H and O–H groups in total. The molecule has 0 radical (unpaired) electrons. The molecule has 1 saturated carbocycles. The Balaban J connectivity index is 1.87.